The molecular formula is C17H21N3O3S. The van der Waals surface area contributed by atoms with Crippen LogP contribution in [0.25, 0.3) is 0 Å². The van der Waals surface area contributed by atoms with Crippen LogP contribution < -0.4 is 14.8 Å². The second-order valence-electron chi connectivity index (χ2n) is 5.73. The van der Waals surface area contributed by atoms with Crippen molar-refractivity contribution in [2.24, 2.45) is 0 Å². The summed E-state index contributed by atoms with van der Waals surface area (Å²) in [6, 6.07) is 4.04. The van der Waals surface area contributed by atoms with Gasteiger partial charge in [0.15, 0.2) is 11.5 Å². The molecule has 1 N–H and O–H groups in total. The maximum absolute atomic E-state index is 12.2. The highest BCUT2D eigenvalue weighted by molar-refractivity contribution is 7.15. The third-order valence-electron chi connectivity index (χ3n) is 4.05. The summed E-state index contributed by atoms with van der Waals surface area (Å²) in [5.74, 6) is 1.47. The molecule has 1 aliphatic heterocycles. The third-order valence-corrected chi connectivity index (χ3v) is 4.88. The van der Waals surface area contributed by atoms with Crippen LogP contribution in [0.3, 0.4) is 0 Å². The number of benzene rings is 1. The van der Waals surface area contributed by atoms with Crippen molar-refractivity contribution in [3.63, 3.8) is 0 Å². The molecule has 0 fully saturated rings. The van der Waals surface area contributed by atoms with E-state index in [0.717, 1.165) is 41.0 Å². The van der Waals surface area contributed by atoms with Gasteiger partial charge in [-0.1, -0.05) is 0 Å². The standard InChI is InChI=1S/C17H21N3O3S/c1-11-18-8-17(24-11)19-16(21)10-20-5-4-12-6-14(22-2)15(23-3)7-13(12)9-20/h6-8H,4-5,9-10H2,1-3H3,(H,19,21). The van der Waals surface area contributed by atoms with Crippen LogP contribution in [0.15, 0.2) is 18.3 Å². The molecule has 1 aliphatic rings. The molecule has 3 rings (SSSR count). The summed E-state index contributed by atoms with van der Waals surface area (Å²) in [4.78, 5) is 18.5. The van der Waals surface area contributed by atoms with Crippen LogP contribution in [0, 0.1) is 6.92 Å². The van der Waals surface area contributed by atoms with Gasteiger partial charge in [0.2, 0.25) is 5.91 Å². The number of nitrogens with one attached hydrogen (secondary N) is 1. The Morgan fingerprint density at radius 1 is 1.29 bits per heavy atom. The molecule has 0 saturated heterocycles. The van der Waals surface area contributed by atoms with E-state index < -0.39 is 0 Å². The van der Waals surface area contributed by atoms with E-state index in [9.17, 15) is 4.79 Å². The number of carbonyl (C=O) groups excluding carboxylic acids is 1. The van der Waals surface area contributed by atoms with E-state index >= 15 is 0 Å². The average molecular weight is 347 g/mol. The van der Waals surface area contributed by atoms with Crippen LogP contribution in [0.2, 0.25) is 0 Å². The minimum absolute atomic E-state index is 0.0115. The highest BCUT2D eigenvalue weighted by atomic mass is 32.1. The number of aromatic nitrogens is 1. The number of hydrogen-bond acceptors (Lipinski definition) is 6. The lowest BCUT2D eigenvalue weighted by molar-refractivity contribution is -0.117. The fourth-order valence-electron chi connectivity index (χ4n) is 2.88. The second-order valence-corrected chi connectivity index (χ2v) is 6.96. The number of fused-ring (bicyclic) bond motifs is 1. The van der Waals surface area contributed by atoms with Crippen LogP contribution in [0.4, 0.5) is 5.00 Å². The molecule has 0 atom stereocenters. The van der Waals surface area contributed by atoms with Crippen LogP contribution >= 0.6 is 11.3 Å². The molecule has 0 aliphatic carbocycles. The van der Waals surface area contributed by atoms with Gasteiger partial charge < -0.3 is 14.8 Å². The van der Waals surface area contributed by atoms with Gasteiger partial charge in [0.1, 0.15) is 5.00 Å². The van der Waals surface area contributed by atoms with Gasteiger partial charge in [-0.2, -0.15) is 0 Å². The minimum Gasteiger partial charge on any atom is -0.493 e. The first kappa shape index (κ1) is 16.7. The van der Waals surface area contributed by atoms with Crippen LogP contribution in [-0.2, 0) is 17.8 Å². The van der Waals surface area contributed by atoms with Crippen LogP contribution in [-0.4, -0.2) is 43.1 Å². The SMILES string of the molecule is COc1cc2c(cc1OC)CN(CC(=O)Nc1cnc(C)s1)CC2. The Morgan fingerprint density at radius 3 is 2.62 bits per heavy atom. The first-order valence-corrected chi connectivity index (χ1v) is 8.59. The number of hydrogen-bond donors (Lipinski definition) is 1. The normalized spacial score (nSPS) is 14.1. The fraction of sp³-hybridized carbons (Fsp3) is 0.412. The number of methoxy groups -OCH3 is 2. The zero-order valence-corrected chi connectivity index (χ0v) is 14.9. The van der Waals surface area contributed by atoms with E-state index in [0.29, 0.717) is 6.54 Å². The van der Waals surface area contributed by atoms with Gasteiger partial charge in [-0.15, -0.1) is 11.3 Å². The van der Waals surface area contributed by atoms with Crippen molar-refractivity contribution in [3.05, 3.63) is 34.5 Å². The van der Waals surface area contributed by atoms with Gasteiger partial charge in [0.05, 0.1) is 32.0 Å². The molecule has 0 spiro atoms. The summed E-state index contributed by atoms with van der Waals surface area (Å²) in [5.41, 5.74) is 2.43. The number of amides is 1. The molecule has 1 aromatic carbocycles. The summed E-state index contributed by atoms with van der Waals surface area (Å²) in [5, 5.41) is 4.64. The summed E-state index contributed by atoms with van der Waals surface area (Å²) < 4.78 is 10.7. The Hall–Kier alpha value is -2.12. The molecule has 2 aromatic rings. The summed E-state index contributed by atoms with van der Waals surface area (Å²) in [7, 11) is 3.28. The zero-order valence-electron chi connectivity index (χ0n) is 14.1. The Kier molecular flexibility index (Phi) is 5.01. The molecule has 0 radical (unpaired) electrons. The maximum Gasteiger partial charge on any atom is 0.239 e. The van der Waals surface area contributed by atoms with Gasteiger partial charge >= 0.3 is 0 Å². The summed E-state index contributed by atoms with van der Waals surface area (Å²) >= 11 is 1.48. The largest absolute Gasteiger partial charge is 0.493 e. The summed E-state index contributed by atoms with van der Waals surface area (Å²) in [6.45, 7) is 3.86. The molecular weight excluding hydrogens is 326 g/mol. The molecule has 1 amide bonds. The van der Waals surface area contributed by atoms with Crippen molar-refractivity contribution >= 4 is 22.2 Å². The number of carbonyl (C=O) groups is 1. The molecule has 0 bridgehead atoms. The first-order chi connectivity index (χ1) is 11.6. The Morgan fingerprint density at radius 2 is 2.00 bits per heavy atom. The maximum atomic E-state index is 12.2. The van der Waals surface area contributed by atoms with Crippen molar-refractivity contribution < 1.29 is 14.3 Å². The molecule has 24 heavy (non-hydrogen) atoms. The second kappa shape index (κ2) is 7.19. The molecule has 0 unspecified atom stereocenters. The van der Waals surface area contributed by atoms with E-state index in [1.165, 1.54) is 22.5 Å². The lowest BCUT2D eigenvalue weighted by Crippen LogP contribution is -2.37. The van der Waals surface area contributed by atoms with Crippen molar-refractivity contribution in [2.45, 2.75) is 19.9 Å². The Labute approximate surface area is 145 Å². The third kappa shape index (κ3) is 3.68. The van der Waals surface area contributed by atoms with Crippen LogP contribution in [0.1, 0.15) is 16.1 Å². The van der Waals surface area contributed by atoms with Crippen molar-refractivity contribution in [1.82, 2.24) is 9.88 Å². The molecule has 7 heteroatoms. The van der Waals surface area contributed by atoms with Crippen molar-refractivity contribution in [2.75, 3.05) is 32.6 Å². The number of thiazole rings is 1. The highest BCUT2D eigenvalue weighted by Crippen LogP contribution is 2.33. The monoisotopic (exact) mass is 347 g/mol. The quantitative estimate of drug-likeness (QED) is 0.900. The predicted molar refractivity (Wildman–Crippen MR) is 94.0 cm³/mol. The van der Waals surface area contributed by atoms with Crippen LogP contribution in [0.5, 0.6) is 11.5 Å². The van der Waals surface area contributed by atoms with E-state index in [1.807, 2.05) is 19.1 Å². The Bertz CT molecular complexity index is 745. The van der Waals surface area contributed by atoms with Gasteiger partial charge in [0, 0.05) is 13.1 Å². The lowest BCUT2D eigenvalue weighted by atomic mass is 9.99. The van der Waals surface area contributed by atoms with Crippen molar-refractivity contribution in [1.29, 1.82) is 0 Å². The number of ether oxygens (including phenoxy) is 2. The van der Waals surface area contributed by atoms with Gasteiger partial charge in [-0.25, -0.2) is 4.98 Å². The molecule has 1 aromatic heterocycles. The number of nitrogens with zero attached hydrogens (tertiary/aromatic N) is 2. The number of aryl methyl sites for hydroxylation is 1. The van der Waals surface area contributed by atoms with E-state index in [-0.39, 0.29) is 5.91 Å². The van der Waals surface area contributed by atoms with E-state index in [1.54, 1.807) is 20.4 Å². The predicted octanol–water partition coefficient (Wildman–Crippen LogP) is 2.47. The summed E-state index contributed by atoms with van der Waals surface area (Å²) in [6.07, 6.45) is 2.59. The lowest BCUT2D eigenvalue weighted by Gasteiger charge is -2.28. The highest BCUT2D eigenvalue weighted by Gasteiger charge is 2.21. The topological polar surface area (TPSA) is 63.7 Å². The molecule has 6 nitrogen and oxygen atoms in total. The Balaban J connectivity index is 1.65. The number of rotatable bonds is 5. The van der Waals surface area contributed by atoms with Gasteiger partial charge in [0.25, 0.3) is 0 Å². The molecule has 2 heterocycles. The van der Waals surface area contributed by atoms with Gasteiger partial charge in [-0.3, -0.25) is 9.69 Å². The average Bonchev–Trinajstić information content (AvgIpc) is 2.98. The smallest absolute Gasteiger partial charge is 0.239 e. The first-order valence-electron chi connectivity index (χ1n) is 7.77. The zero-order chi connectivity index (χ0) is 17.1. The van der Waals surface area contributed by atoms with E-state index in [2.05, 4.69) is 15.2 Å². The molecule has 0 saturated carbocycles. The molecule has 128 valence electrons. The number of anilines is 1. The minimum atomic E-state index is -0.0115. The fourth-order valence-corrected chi connectivity index (χ4v) is 3.57. The van der Waals surface area contributed by atoms with Crippen molar-refractivity contribution in [3.8, 4) is 11.5 Å². The van der Waals surface area contributed by atoms with Gasteiger partial charge in [-0.05, 0) is 36.6 Å². The van der Waals surface area contributed by atoms with E-state index in [4.69, 9.17) is 9.47 Å².